The minimum atomic E-state index is -0.163. The Hall–Kier alpha value is -2.05. The van der Waals surface area contributed by atoms with Gasteiger partial charge in [-0.25, -0.2) is 0 Å². The number of rotatable bonds is 8. The third kappa shape index (κ3) is 9.25. The van der Waals surface area contributed by atoms with Crippen molar-refractivity contribution in [3.05, 3.63) is 94.1 Å². The van der Waals surface area contributed by atoms with Gasteiger partial charge < -0.3 is 36.8 Å². The molecule has 0 saturated heterocycles. The second-order valence-corrected chi connectivity index (χ2v) is 16.8. The molecule has 0 aromatic carbocycles. The molecule has 0 saturated carbocycles. The lowest BCUT2D eigenvalue weighted by Crippen LogP contribution is -3.00. The summed E-state index contributed by atoms with van der Waals surface area (Å²) in [6.07, 6.45) is 5.33. The molecule has 0 atom stereocenters. The molecule has 276 valence electrons. The fourth-order valence-corrected chi connectivity index (χ4v) is 7.65. The van der Waals surface area contributed by atoms with Crippen molar-refractivity contribution >= 4 is 23.2 Å². The molecule has 8 bridgehead atoms. The summed E-state index contributed by atoms with van der Waals surface area (Å²) in [5.41, 5.74) is 9.07. The first-order valence-electron chi connectivity index (χ1n) is 18.3. The number of hydrogen-bond donors (Lipinski definition) is 4. The molecule has 4 aromatic rings. The quantitative estimate of drug-likeness (QED) is 0.104. The van der Waals surface area contributed by atoms with E-state index in [1.807, 2.05) is 0 Å². The van der Waals surface area contributed by atoms with Gasteiger partial charge in [-0.1, -0.05) is 27.7 Å². The molecule has 0 unspecified atom stereocenters. The molecule has 5 rings (SSSR count). The van der Waals surface area contributed by atoms with E-state index in [4.69, 9.17) is 23.2 Å². The maximum atomic E-state index is 4.76. The zero-order valence-electron chi connectivity index (χ0n) is 32.6. The van der Waals surface area contributed by atoms with Crippen LogP contribution < -0.4 is 12.4 Å². The first-order chi connectivity index (χ1) is 22.5. The Bertz CT molecular complexity index is 1240. The van der Waals surface area contributed by atoms with E-state index in [0.29, 0.717) is 0 Å². The van der Waals surface area contributed by atoms with Crippen molar-refractivity contribution < 1.29 is 16.9 Å². The second-order valence-electron chi connectivity index (χ2n) is 16.0. The van der Waals surface area contributed by atoms with Gasteiger partial charge in [0.05, 0.1) is 31.5 Å². The molecule has 8 heteroatoms. The van der Waals surface area contributed by atoms with E-state index in [1.54, 1.807) is 0 Å². The lowest BCUT2D eigenvalue weighted by molar-refractivity contribution is -0.928. The number of hydrogen-bond acceptors (Lipinski definition) is 0. The van der Waals surface area contributed by atoms with Crippen molar-refractivity contribution in [2.45, 2.75) is 130 Å². The normalized spacial score (nSPS) is 16.8. The number of quaternary nitrogens is 1. The molecule has 0 amide bonds. The van der Waals surface area contributed by atoms with Gasteiger partial charge in [0.25, 0.3) is 0 Å². The summed E-state index contributed by atoms with van der Waals surface area (Å²) in [4.78, 5) is 15.1. The summed E-state index contributed by atoms with van der Waals surface area (Å²) in [5, 5.41) is 0.194. The van der Waals surface area contributed by atoms with Crippen LogP contribution in [-0.4, -0.2) is 55.9 Å². The largest absolute Gasteiger partial charge is 1.00 e. The van der Waals surface area contributed by atoms with E-state index in [0.717, 1.165) is 0 Å². The van der Waals surface area contributed by atoms with Gasteiger partial charge in [0.2, 0.25) is 0 Å². The number of fused-ring (bicyclic) bond motifs is 8. The standard InChI is InChI=1S/C28H36N4.C12H28N.CH2Cl2.ClH/c1-25(2)17-9-11-19(29-17)26(3,4)21-13-15-23(31-21)28(7,8)24-16-14-22(32-24)27(5,6)20-12-10-18(25)30-20;1-5-9-13(10-6-2,11-7-3)12-8-4;2-1-3;/h9-16,29-32H,1-8H3;5-12H2,1-4H3;1H2;1H/q;+1;;/p-1. The highest BCUT2D eigenvalue weighted by molar-refractivity contribution is 6.40. The first-order valence-corrected chi connectivity index (χ1v) is 19.3. The number of halogens is 3. The van der Waals surface area contributed by atoms with E-state index in [2.05, 4.69) is 152 Å². The Morgan fingerprint density at radius 2 is 0.551 bits per heavy atom. The van der Waals surface area contributed by atoms with Gasteiger partial charge in [-0.15, -0.1) is 23.2 Å². The summed E-state index contributed by atoms with van der Waals surface area (Å²) in [6.45, 7) is 33.0. The molecule has 0 spiro atoms. The van der Waals surface area contributed by atoms with Crippen LogP contribution in [0, 0.1) is 0 Å². The molecule has 1 aliphatic heterocycles. The first kappa shape index (κ1) is 43.1. The minimum absolute atomic E-state index is 0. The Labute approximate surface area is 314 Å². The monoisotopic (exact) mass is 733 g/mol. The third-order valence-electron chi connectivity index (χ3n) is 10.9. The zero-order valence-corrected chi connectivity index (χ0v) is 34.8. The summed E-state index contributed by atoms with van der Waals surface area (Å²) in [7, 11) is 0. The number of H-pyrrole nitrogens is 4. The summed E-state index contributed by atoms with van der Waals surface area (Å²) in [5.74, 6) is 0. The molecular weight excluding hydrogens is 669 g/mol. The van der Waals surface area contributed by atoms with Gasteiger partial charge >= 0.3 is 0 Å². The number of nitrogens with zero attached hydrogens (tertiary/aromatic N) is 1. The van der Waals surface area contributed by atoms with Gasteiger partial charge in [0.15, 0.2) is 0 Å². The predicted molar refractivity (Wildman–Crippen MR) is 209 cm³/mol. The van der Waals surface area contributed by atoms with Crippen LogP contribution in [0.25, 0.3) is 0 Å². The number of alkyl halides is 2. The number of nitrogens with one attached hydrogen (secondary N) is 4. The van der Waals surface area contributed by atoms with Gasteiger partial charge in [-0.05, 0) is 130 Å². The van der Waals surface area contributed by atoms with Gasteiger partial charge in [-0.2, -0.15) is 0 Å². The van der Waals surface area contributed by atoms with Crippen molar-refractivity contribution in [1.29, 1.82) is 0 Å². The van der Waals surface area contributed by atoms with Crippen molar-refractivity contribution in [3.8, 4) is 0 Å². The maximum absolute atomic E-state index is 4.76. The summed E-state index contributed by atoms with van der Waals surface area (Å²) >= 11 is 9.53. The Morgan fingerprint density at radius 1 is 0.408 bits per heavy atom. The molecule has 0 radical (unpaired) electrons. The van der Waals surface area contributed by atoms with Crippen LogP contribution >= 0.6 is 23.2 Å². The maximum Gasteiger partial charge on any atom is 0.0967 e. The van der Waals surface area contributed by atoms with Gasteiger partial charge in [0, 0.05) is 67.2 Å². The van der Waals surface area contributed by atoms with Crippen LogP contribution in [0.5, 0.6) is 0 Å². The zero-order chi connectivity index (χ0) is 36.0. The molecular formula is C41H66Cl3N5. The van der Waals surface area contributed by atoms with E-state index in [9.17, 15) is 0 Å². The Kier molecular flexibility index (Phi) is 15.4. The van der Waals surface area contributed by atoms with Crippen LogP contribution in [0.3, 0.4) is 0 Å². The fourth-order valence-electron chi connectivity index (χ4n) is 7.65. The number of aromatic nitrogens is 4. The van der Waals surface area contributed by atoms with Crippen LogP contribution in [0.15, 0.2) is 48.5 Å². The predicted octanol–water partition coefficient (Wildman–Crippen LogP) is 8.48. The van der Waals surface area contributed by atoms with E-state index < -0.39 is 0 Å². The highest BCUT2D eigenvalue weighted by Crippen LogP contribution is 2.40. The van der Waals surface area contributed by atoms with E-state index in [-0.39, 0.29) is 39.4 Å². The van der Waals surface area contributed by atoms with E-state index >= 15 is 0 Å². The van der Waals surface area contributed by atoms with E-state index in [1.165, 1.54) is 102 Å². The van der Waals surface area contributed by atoms with Crippen LogP contribution in [0.1, 0.15) is 154 Å². The third-order valence-corrected chi connectivity index (χ3v) is 10.9. The highest BCUT2D eigenvalue weighted by Gasteiger charge is 2.36. The topological polar surface area (TPSA) is 63.2 Å². The SMILES string of the molecule is CC1(C)c2ccc([nH]2)C(C)(C)c2ccc([nH]2)C(C)(C)c2ccc([nH]2)C(C)(C)c2ccc1[nH]2.CCC[N+](CCC)(CCC)CCC.ClCCl.[Cl-]. The minimum Gasteiger partial charge on any atom is -1.00 e. The molecule has 4 aromatic heterocycles. The Morgan fingerprint density at radius 3 is 0.673 bits per heavy atom. The lowest BCUT2D eigenvalue weighted by Gasteiger charge is -2.38. The number of aromatic amines is 4. The molecule has 0 aliphatic carbocycles. The highest BCUT2D eigenvalue weighted by atomic mass is 35.5. The molecule has 0 fully saturated rings. The molecule has 5 heterocycles. The summed E-state index contributed by atoms with van der Waals surface area (Å²) in [6, 6.07) is 17.9. The molecule has 1 aliphatic rings. The molecule has 49 heavy (non-hydrogen) atoms. The fraction of sp³-hybridized carbons (Fsp3) is 0.610. The average molecular weight is 735 g/mol. The average Bonchev–Trinajstić information content (AvgIpc) is 3.84. The van der Waals surface area contributed by atoms with Crippen molar-refractivity contribution in [2.24, 2.45) is 0 Å². The second kappa shape index (κ2) is 17.4. The van der Waals surface area contributed by atoms with Crippen LogP contribution in [-0.2, 0) is 21.7 Å². The van der Waals surface area contributed by atoms with Crippen molar-refractivity contribution in [1.82, 2.24) is 19.9 Å². The molecule has 5 nitrogen and oxygen atoms in total. The van der Waals surface area contributed by atoms with Gasteiger partial charge in [-0.3, -0.25) is 0 Å². The van der Waals surface area contributed by atoms with Crippen LogP contribution in [0.4, 0.5) is 0 Å². The molecule has 4 N–H and O–H groups in total. The lowest BCUT2D eigenvalue weighted by atomic mass is 9.85. The van der Waals surface area contributed by atoms with Crippen molar-refractivity contribution in [2.75, 3.05) is 31.5 Å². The van der Waals surface area contributed by atoms with Crippen LogP contribution in [0.2, 0.25) is 0 Å². The van der Waals surface area contributed by atoms with Crippen molar-refractivity contribution in [3.63, 3.8) is 0 Å². The van der Waals surface area contributed by atoms with Gasteiger partial charge in [0.1, 0.15) is 0 Å². The summed E-state index contributed by atoms with van der Waals surface area (Å²) < 4.78 is 1.38. The Balaban J connectivity index is 0.000000416. The smallest absolute Gasteiger partial charge is 0.0967 e.